The third-order valence-electron chi connectivity index (χ3n) is 1.93. The van der Waals surface area contributed by atoms with Crippen LogP contribution in [0.3, 0.4) is 0 Å². The van der Waals surface area contributed by atoms with Crippen LogP contribution in [0, 0.1) is 5.41 Å². The molecule has 2 aliphatic rings. The van der Waals surface area contributed by atoms with E-state index in [4.69, 9.17) is 10.5 Å². The topological polar surface area (TPSA) is 113 Å². The van der Waals surface area contributed by atoms with E-state index in [2.05, 4.69) is 11.5 Å². The maximum atomic E-state index is 12.2. The molecular formula is C9H9ClF3N3O2. The lowest BCUT2D eigenvalue weighted by Crippen LogP contribution is -2.21. The molecule has 0 atom stereocenters. The Morgan fingerprint density at radius 3 is 1.94 bits per heavy atom. The summed E-state index contributed by atoms with van der Waals surface area (Å²) >= 11 is 0. The van der Waals surface area contributed by atoms with Crippen LogP contribution in [0.2, 0.25) is 0 Å². The van der Waals surface area contributed by atoms with Gasteiger partial charge >= 0.3 is 6.18 Å². The molecule has 0 aromatic heterocycles. The summed E-state index contributed by atoms with van der Waals surface area (Å²) in [5, 5.41) is 15.0. The number of phenols is 1. The Kier molecular flexibility index (Phi) is 4.57. The van der Waals surface area contributed by atoms with Crippen LogP contribution in [0.1, 0.15) is 21.5 Å². The van der Waals surface area contributed by atoms with E-state index in [-0.39, 0.29) is 29.5 Å². The SMILES string of the molecule is Cl.N=C(N)N.O=C1c2cc1c(C(F)(F)F)cc2O. The van der Waals surface area contributed by atoms with Crippen molar-refractivity contribution in [3.8, 4) is 5.75 Å². The minimum absolute atomic E-state index is 0. The van der Waals surface area contributed by atoms with E-state index < -0.39 is 23.3 Å². The smallest absolute Gasteiger partial charge is 0.417 e. The maximum Gasteiger partial charge on any atom is 0.417 e. The summed E-state index contributed by atoms with van der Waals surface area (Å²) < 4.78 is 36.5. The lowest BCUT2D eigenvalue weighted by Gasteiger charge is -2.20. The Hall–Kier alpha value is -1.96. The Bertz CT molecular complexity index is 499. The first kappa shape index (κ1) is 16.0. The van der Waals surface area contributed by atoms with Gasteiger partial charge in [-0.2, -0.15) is 13.2 Å². The monoisotopic (exact) mass is 283 g/mol. The van der Waals surface area contributed by atoms with Crippen LogP contribution in [0.25, 0.3) is 0 Å². The second-order valence-electron chi connectivity index (χ2n) is 3.20. The predicted octanol–water partition coefficient (Wildman–Crippen LogP) is 1.22. The summed E-state index contributed by atoms with van der Waals surface area (Å²) in [6, 6.07) is 1.62. The van der Waals surface area contributed by atoms with Crippen molar-refractivity contribution in [2.75, 3.05) is 0 Å². The number of fused-ring (bicyclic) bond motifs is 2. The first-order valence-corrected chi connectivity index (χ1v) is 4.23. The average molecular weight is 284 g/mol. The van der Waals surface area contributed by atoms with Crippen LogP contribution in [-0.2, 0) is 6.18 Å². The van der Waals surface area contributed by atoms with Crippen molar-refractivity contribution in [2.24, 2.45) is 11.5 Å². The van der Waals surface area contributed by atoms with Crippen molar-refractivity contribution in [1.29, 1.82) is 5.41 Å². The number of carbonyl (C=O) groups is 1. The van der Waals surface area contributed by atoms with Gasteiger partial charge in [-0.25, -0.2) is 0 Å². The highest BCUT2D eigenvalue weighted by atomic mass is 35.5. The molecule has 9 heteroatoms. The second kappa shape index (κ2) is 5.13. The summed E-state index contributed by atoms with van der Waals surface area (Å²) in [6.45, 7) is 0. The van der Waals surface area contributed by atoms with Crippen LogP contribution in [-0.4, -0.2) is 16.8 Å². The number of hydrogen-bond acceptors (Lipinski definition) is 3. The fraction of sp³-hybridized carbons (Fsp3) is 0.111. The molecule has 0 saturated carbocycles. The number of carbonyl (C=O) groups excluding carboxylic acids is 1. The quantitative estimate of drug-likeness (QED) is 0.430. The molecule has 2 bridgehead atoms. The number of rotatable bonds is 0. The summed E-state index contributed by atoms with van der Waals surface area (Å²) in [5.41, 5.74) is 7.48. The van der Waals surface area contributed by atoms with Gasteiger partial charge in [-0.3, -0.25) is 10.2 Å². The molecule has 2 aliphatic carbocycles. The molecule has 0 fully saturated rings. The summed E-state index contributed by atoms with van der Waals surface area (Å²) in [7, 11) is 0. The standard InChI is InChI=1S/C8H3F3O2.CH5N3.ClH/c9-8(10,11)5-2-6(12)4-1-3(5)7(4)13;2-1(3)4;/h1-2,12H;(H5,2,3,4);1H. The van der Waals surface area contributed by atoms with Gasteiger partial charge in [0, 0.05) is 5.56 Å². The van der Waals surface area contributed by atoms with E-state index in [0.29, 0.717) is 6.07 Å². The number of aromatic hydroxyl groups is 1. The lowest BCUT2D eigenvalue weighted by atomic mass is 9.86. The summed E-state index contributed by atoms with van der Waals surface area (Å²) in [6.07, 6.45) is -4.58. The Labute approximate surface area is 105 Å². The number of halogens is 4. The first-order valence-electron chi connectivity index (χ1n) is 4.23. The maximum absolute atomic E-state index is 12.2. The van der Waals surface area contributed by atoms with E-state index >= 15 is 0 Å². The van der Waals surface area contributed by atoms with Crippen molar-refractivity contribution in [3.05, 3.63) is 28.8 Å². The molecule has 0 heterocycles. The largest absolute Gasteiger partial charge is 0.507 e. The molecule has 0 spiro atoms. The molecule has 5 nitrogen and oxygen atoms in total. The highest BCUT2D eigenvalue weighted by Crippen LogP contribution is 2.41. The first-order chi connectivity index (χ1) is 7.64. The molecule has 0 amide bonds. The molecular weight excluding hydrogens is 275 g/mol. The van der Waals surface area contributed by atoms with Gasteiger partial charge in [0.1, 0.15) is 5.75 Å². The predicted molar refractivity (Wildman–Crippen MR) is 59.9 cm³/mol. The molecule has 0 aliphatic heterocycles. The summed E-state index contributed by atoms with van der Waals surface area (Å²) in [4.78, 5) is 10.9. The molecule has 6 N–H and O–H groups in total. The zero-order valence-corrected chi connectivity index (χ0v) is 9.52. The van der Waals surface area contributed by atoms with E-state index in [9.17, 15) is 18.0 Å². The molecule has 0 unspecified atom stereocenters. The van der Waals surface area contributed by atoms with Gasteiger partial charge in [0.25, 0.3) is 0 Å². The van der Waals surface area contributed by atoms with Gasteiger partial charge < -0.3 is 16.6 Å². The van der Waals surface area contributed by atoms with Crippen molar-refractivity contribution >= 4 is 24.1 Å². The molecule has 3 rings (SSSR count). The zero-order chi connectivity index (χ0) is 13.4. The molecule has 1 aromatic rings. The highest BCUT2D eigenvalue weighted by Gasteiger charge is 2.41. The van der Waals surface area contributed by atoms with E-state index in [0.717, 1.165) is 6.07 Å². The fourth-order valence-corrected chi connectivity index (χ4v) is 1.26. The number of guanidine groups is 1. The Morgan fingerprint density at radius 2 is 1.67 bits per heavy atom. The Balaban J connectivity index is 0.000000512. The normalized spacial score (nSPS) is 11.6. The highest BCUT2D eigenvalue weighted by molar-refractivity contribution is 6.19. The lowest BCUT2D eigenvalue weighted by molar-refractivity contribution is -0.138. The average Bonchev–Trinajstić information content (AvgIpc) is 2.13. The van der Waals surface area contributed by atoms with Crippen LogP contribution in [0.4, 0.5) is 13.2 Å². The number of phenolic OH excluding ortho intramolecular Hbond substituents is 1. The van der Waals surface area contributed by atoms with Gasteiger partial charge in [-0.1, -0.05) is 0 Å². The number of nitrogens with one attached hydrogen (secondary N) is 1. The van der Waals surface area contributed by atoms with Crippen molar-refractivity contribution < 1.29 is 23.1 Å². The molecule has 18 heavy (non-hydrogen) atoms. The minimum Gasteiger partial charge on any atom is -0.507 e. The minimum atomic E-state index is -4.58. The molecule has 100 valence electrons. The number of hydrogen-bond donors (Lipinski definition) is 4. The second-order valence-corrected chi connectivity index (χ2v) is 3.20. The van der Waals surface area contributed by atoms with Crippen LogP contribution >= 0.6 is 12.4 Å². The zero-order valence-electron chi connectivity index (χ0n) is 8.71. The molecule has 1 aromatic carbocycles. The molecule has 0 radical (unpaired) electrons. The van der Waals surface area contributed by atoms with Crippen molar-refractivity contribution in [3.63, 3.8) is 0 Å². The van der Waals surface area contributed by atoms with Gasteiger partial charge in [-0.05, 0) is 12.1 Å². The van der Waals surface area contributed by atoms with E-state index in [1.807, 2.05) is 0 Å². The fourth-order valence-electron chi connectivity index (χ4n) is 1.26. The van der Waals surface area contributed by atoms with E-state index in [1.54, 1.807) is 0 Å². The van der Waals surface area contributed by atoms with Gasteiger partial charge in [0.15, 0.2) is 11.7 Å². The number of alkyl halides is 3. The van der Waals surface area contributed by atoms with Gasteiger partial charge in [-0.15, -0.1) is 12.4 Å². The number of benzene rings is 1. The number of ketones is 1. The van der Waals surface area contributed by atoms with Crippen molar-refractivity contribution in [2.45, 2.75) is 6.18 Å². The van der Waals surface area contributed by atoms with Crippen LogP contribution in [0.15, 0.2) is 12.1 Å². The molecule has 0 saturated heterocycles. The van der Waals surface area contributed by atoms with Crippen molar-refractivity contribution in [1.82, 2.24) is 0 Å². The van der Waals surface area contributed by atoms with E-state index in [1.165, 1.54) is 0 Å². The Morgan fingerprint density at radius 1 is 1.22 bits per heavy atom. The third kappa shape index (κ3) is 3.04. The summed E-state index contributed by atoms with van der Waals surface area (Å²) in [5.74, 6) is -1.67. The van der Waals surface area contributed by atoms with Crippen LogP contribution < -0.4 is 11.5 Å². The van der Waals surface area contributed by atoms with Gasteiger partial charge in [0.2, 0.25) is 0 Å². The third-order valence-corrected chi connectivity index (χ3v) is 1.93. The van der Waals surface area contributed by atoms with Crippen LogP contribution in [0.5, 0.6) is 5.75 Å². The number of nitrogens with two attached hydrogens (primary N) is 2. The van der Waals surface area contributed by atoms with Gasteiger partial charge in [0.05, 0.1) is 11.1 Å².